The van der Waals surface area contributed by atoms with Gasteiger partial charge in [-0.1, -0.05) is 18.2 Å². The van der Waals surface area contributed by atoms with Crippen LogP contribution in [0.2, 0.25) is 0 Å². The fraction of sp³-hybridized carbons (Fsp3) is 0.333. The highest BCUT2D eigenvalue weighted by atomic mass is 32.1. The monoisotopic (exact) mass is 425 g/mol. The number of aliphatic imine (C=N–C) groups is 1. The normalized spacial score (nSPS) is 11.8. The minimum atomic E-state index is -4.41. The maximum absolute atomic E-state index is 12.1. The smallest absolute Gasteiger partial charge is 0.370 e. The topological polar surface area (TPSA) is 100 Å². The van der Waals surface area contributed by atoms with E-state index in [1.54, 1.807) is 0 Å². The molecule has 29 heavy (non-hydrogen) atoms. The Morgan fingerprint density at radius 2 is 1.86 bits per heavy atom. The number of hydrogen-bond donors (Lipinski definition) is 4. The molecule has 0 radical (unpaired) electrons. The lowest BCUT2D eigenvalue weighted by Gasteiger charge is -2.10. The molecule has 7 nitrogen and oxygen atoms in total. The molecule has 5 N–H and O–H groups in total. The molecule has 0 unspecified atom stereocenters. The summed E-state index contributed by atoms with van der Waals surface area (Å²) >= 11 is 5.23. The predicted octanol–water partition coefficient (Wildman–Crippen LogP) is 3.07. The van der Waals surface area contributed by atoms with Crippen LogP contribution in [0, 0.1) is 0 Å². The average molecular weight is 425 g/mol. The SMILES string of the molecule is N/C(=N/CC(F)(F)F)Nc1ccnc(CCCCNC(=S)Nc2ccccc2)n1. The molecule has 1 heterocycles. The predicted molar refractivity (Wildman–Crippen MR) is 112 cm³/mol. The van der Waals surface area contributed by atoms with Crippen molar-refractivity contribution in [1.29, 1.82) is 0 Å². The van der Waals surface area contributed by atoms with Crippen LogP contribution in [-0.4, -0.2) is 40.3 Å². The van der Waals surface area contributed by atoms with E-state index >= 15 is 0 Å². The van der Waals surface area contributed by atoms with Crippen LogP contribution in [0.25, 0.3) is 0 Å². The van der Waals surface area contributed by atoms with Gasteiger partial charge in [-0.25, -0.2) is 15.0 Å². The number of nitrogens with two attached hydrogens (primary N) is 1. The standard InChI is InChI=1S/C18H22F3N7S/c19-18(20,21)12-25-16(22)28-15-9-11-23-14(27-15)8-4-5-10-24-17(29)26-13-6-2-1-3-7-13/h1-3,6-7,9,11H,4-5,8,10,12H2,(H2,24,26,29)(H3,22,23,25,27,28). The minimum absolute atomic E-state index is 0.296. The van der Waals surface area contributed by atoms with Crippen molar-refractivity contribution in [2.75, 3.05) is 23.7 Å². The van der Waals surface area contributed by atoms with E-state index in [1.807, 2.05) is 30.3 Å². The number of benzene rings is 1. The molecular formula is C18H22F3N7S. The van der Waals surface area contributed by atoms with E-state index in [1.165, 1.54) is 12.3 Å². The Morgan fingerprint density at radius 1 is 1.10 bits per heavy atom. The Balaban J connectivity index is 1.69. The first-order chi connectivity index (χ1) is 13.8. The zero-order valence-corrected chi connectivity index (χ0v) is 16.4. The lowest BCUT2D eigenvalue weighted by Crippen LogP contribution is -2.29. The molecule has 0 bridgehead atoms. The van der Waals surface area contributed by atoms with E-state index in [0.717, 1.165) is 18.5 Å². The van der Waals surface area contributed by atoms with Gasteiger partial charge < -0.3 is 21.7 Å². The fourth-order valence-corrected chi connectivity index (χ4v) is 2.46. The van der Waals surface area contributed by atoms with Crippen LogP contribution < -0.4 is 21.7 Å². The van der Waals surface area contributed by atoms with Crippen LogP contribution in [0.15, 0.2) is 47.6 Å². The lowest BCUT2D eigenvalue weighted by atomic mass is 10.2. The molecular weight excluding hydrogens is 403 g/mol. The van der Waals surface area contributed by atoms with Crippen molar-refractivity contribution in [2.45, 2.75) is 25.4 Å². The summed E-state index contributed by atoms with van der Waals surface area (Å²) in [7, 11) is 0. The number of halogens is 3. The highest BCUT2D eigenvalue weighted by Crippen LogP contribution is 2.14. The Morgan fingerprint density at radius 3 is 2.59 bits per heavy atom. The largest absolute Gasteiger partial charge is 0.408 e. The van der Waals surface area contributed by atoms with E-state index in [9.17, 15) is 13.2 Å². The van der Waals surface area contributed by atoms with Crippen LogP contribution in [0.4, 0.5) is 24.7 Å². The Hall–Kier alpha value is -2.95. The second-order valence-corrected chi connectivity index (χ2v) is 6.41. The molecule has 0 atom stereocenters. The van der Waals surface area contributed by atoms with E-state index in [-0.39, 0.29) is 5.96 Å². The second-order valence-electron chi connectivity index (χ2n) is 6.00. The number of alkyl halides is 3. The summed E-state index contributed by atoms with van der Waals surface area (Å²) in [6, 6.07) is 11.1. The van der Waals surface area contributed by atoms with Gasteiger partial charge in [0.2, 0.25) is 0 Å². The Kier molecular flexibility index (Phi) is 8.59. The number of nitrogens with one attached hydrogen (secondary N) is 3. The number of anilines is 2. The first-order valence-corrected chi connectivity index (χ1v) is 9.28. The summed E-state index contributed by atoms with van der Waals surface area (Å²) in [6.45, 7) is -0.661. The first kappa shape index (κ1) is 22.3. The van der Waals surface area contributed by atoms with Crippen molar-refractivity contribution in [1.82, 2.24) is 15.3 Å². The zero-order chi connectivity index (χ0) is 21.1. The van der Waals surface area contributed by atoms with Crippen LogP contribution in [0.3, 0.4) is 0 Å². The van der Waals surface area contributed by atoms with Crippen LogP contribution in [0.5, 0.6) is 0 Å². The van der Waals surface area contributed by atoms with Crippen molar-refractivity contribution in [3.05, 3.63) is 48.4 Å². The number of rotatable bonds is 8. The second kappa shape index (κ2) is 11.1. The number of thiocarbonyl (C=S) groups is 1. The number of guanidine groups is 1. The van der Waals surface area contributed by atoms with Crippen molar-refractivity contribution in [3.8, 4) is 0 Å². The molecule has 156 valence electrons. The molecule has 0 amide bonds. The third-order valence-electron chi connectivity index (χ3n) is 3.53. The lowest BCUT2D eigenvalue weighted by molar-refractivity contribution is -0.118. The van der Waals surface area contributed by atoms with Gasteiger partial charge in [-0.05, 0) is 43.3 Å². The minimum Gasteiger partial charge on any atom is -0.370 e. The van der Waals surface area contributed by atoms with E-state index in [2.05, 4.69) is 30.9 Å². The molecule has 0 saturated heterocycles. The van der Waals surface area contributed by atoms with Gasteiger partial charge >= 0.3 is 6.18 Å². The molecule has 0 saturated carbocycles. The number of hydrogen-bond acceptors (Lipinski definition) is 4. The Labute approximate surface area is 172 Å². The Bertz CT molecular complexity index is 813. The summed E-state index contributed by atoms with van der Waals surface area (Å²) in [4.78, 5) is 11.6. The van der Waals surface area contributed by atoms with Gasteiger partial charge in [-0.15, -0.1) is 0 Å². The summed E-state index contributed by atoms with van der Waals surface area (Å²) in [5.74, 6) is 0.504. The first-order valence-electron chi connectivity index (χ1n) is 8.87. The molecule has 1 aromatic heterocycles. The molecule has 2 rings (SSSR count). The number of aryl methyl sites for hydroxylation is 1. The van der Waals surface area contributed by atoms with Crippen LogP contribution >= 0.6 is 12.2 Å². The van der Waals surface area contributed by atoms with E-state index < -0.39 is 12.7 Å². The highest BCUT2D eigenvalue weighted by Gasteiger charge is 2.26. The quantitative estimate of drug-likeness (QED) is 0.223. The van der Waals surface area contributed by atoms with E-state index in [4.69, 9.17) is 18.0 Å². The van der Waals surface area contributed by atoms with Gasteiger partial charge in [0.05, 0.1) is 0 Å². The molecule has 1 aromatic carbocycles. The molecule has 0 spiro atoms. The number of para-hydroxylation sites is 1. The highest BCUT2D eigenvalue weighted by molar-refractivity contribution is 7.80. The van der Waals surface area contributed by atoms with Gasteiger partial charge in [-0.3, -0.25) is 0 Å². The molecule has 0 fully saturated rings. The maximum Gasteiger partial charge on any atom is 0.408 e. The third kappa shape index (κ3) is 9.70. The van der Waals surface area contributed by atoms with Crippen molar-refractivity contribution in [3.63, 3.8) is 0 Å². The molecule has 11 heteroatoms. The number of aromatic nitrogens is 2. The van der Waals surface area contributed by atoms with Gasteiger partial charge in [-0.2, -0.15) is 13.2 Å². The van der Waals surface area contributed by atoms with Gasteiger partial charge in [0, 0.05) is 24.8 Å². The summed E-state index contributed by atoms with van der Waals surface area (Å²) in [5, 5.41) is 9.30. The third-order valence-corrected chi connectivity index (χ3v) is 3.78. The van der Waals surface area contributed by atoms with Crippen molar-refractivity contribution in [2.24, 2.45) is 10.7 Å². The molecule has 0 aliphatic rings. The van der Waals surface area contributed by atoms with Gasteiger partial charge in [0.1, 0.15) is 18.2 Å². The summed E-state index contributed by atoms with van der Waals surface area (Å²) < 4.78 is 36.4. The molecule has 0 aliphatic heterocycles. The van der Waals surface area contributed by atoms with Crippen molar-refractivity contribution >= 4 is 34.8 Å². The molecule has 0 aliphatic carbocycles. The molecule has 2 aromatic rings. The fourth-order valence-electron chi connectivity index (χ4n) is 2.24. The number of nitrogens with zero attached hydrogens (tertiary/aromatic N) is 3. The number of unbranched alkanes of at least 4 members (excludes halogenated alkanes) is 1. The van der Waals surface area contributed by atoms with Crippen molar-refractivity contribution < 1.29 is 13.2 Å². The van der Waals surface area contributed by atoms with Crippen LogP contribution in [0.1, 0.15) is 18.7 Å². The van der Waals surface area contributed by atoms with Gasteiger partial charge in [0.15, 0.2) is 11.1 Å². The summed E-state index contributed by atoms with van der Waals surface area (Å²) in [5.41, 5.74) is 6.36. The zero-order valence-electron chi connectivity index (χ0n) is 15.5. The average Bonchev–Trinajstić information content (AvgIpc) is 2.67. The van der Waals surface area contributed by atoms with Crippen LogP contribution in [-0.2, 0) is 6.42 Å². The summed E-state index contributed by atoms with van der Waals surface area (Å²) in [6.07, 6.45) is -0.639. The van der Waals surface area contributed by atoms with Gasteiger partial charge in [0.25, 0.3) is 0 Å². The maximum atomic E-state index is 12.1. The van der Waals surface area contributed by atoms with E-state index in [0.29, 0.717) is 29.7 Å².